The molecule has 0 aliphatic heterocycles. The zero-order valence-electron chi connectivity index (χ0n) is 18.5. The summed E-state index contributed by atoms with van der Waals surface area (Å²) in [5, 5.41) is 12.1. The molecule has 0 fully saturated rings. The molecule has 35 heavy (non-hydrogen) atoms. The second-order valence-electron chi connectivity index (χ2n) is 8.01. The average molecular weight is 487 g/mol. The fourth-order valence-electron chi connectivity index (χ4n) is 3.77. The largest absolute Gasteiger partial charge is 0.477 e. The molecule has 0 aliphatic carbocycles. The van der Waals surface area contributed by atoms with Crippen LogP contribution in [0.3, 0.4) is 0 Å². The summed E-state index contributed by atoms with van der Waals surface area (Å²) in [7, 11) is 0. The van der Waals surface area contributed by atoms with Crippen LogP contribution in [0.25, 0.3) is 22.0 Å². The molecule has 1 amide bonds. The van der Waals surface area contributed by atoms with Crippen molar-refractivity contribution >= 4 is 41.2 Å². The van der Waals surface area contributed by atoms with Gasteiger partial charge < -0.3 is 15.4 Å². The number of aromatic nitrogens is 1. The van der Waals surface area contributed by atoms with Crippen LogP contribution in [0.4, 0.5) is 0 Å². The Labute approximate surface area is 206 Å². The van der Waals surface area contributed by atoms with E-state index in [0.29, 0.717) is 16.6 Å². The number of carbonyl (C=O) groups is 3. The van der Waals surface area contributed by atoms with Crippen LogP contribution in [0.5, 0.6) is 0 Å². The van der Waals surface area contributed by atoms with Crippen LogP contribution < -0.4 is 10.7 Å². The van der Waals surface area contributed by atoms with Gasteiger partial charge in [0.05, 0.1) is 6.04 Å². The van der Waals surface area contributed by atoms with E-state index in [1.54, 1.807) is 24.3 Å². The molecule has 4 rings (SSSR count). The van der Waals surface area contributed by atoms with Gasteiger partial charge in [-0.05, 0) is 41.0 Å². The second-order valence-corrected chi connectivity index (χ2v) is 8.38. The lowest BCUT2D eigenvalue weighted by Gasteiger charge is -2.16. The summed E-state index contributed by atoms with van der Waals surface area (Å²) in [5.74, 6) is -1.90. The fourth-order valence-corrected chi connectivity index (χ4v) is 4.07. The van der Waals surface area contributed by atoms with E-state index >= 15 is 0 Å². The van der Waals surface area contributed by atoms with E-state index in [-0.39, 0.29) is 28.9 Å². The first-order chi connectivity index (χ1) is 16.9. The molecule has 0 saturated carbocycles. The lowest BCUT2D eigenvalue weighted by atomic mass is 10.0. The van der Waals surface area contributed by atoms with Crippen molar-refractivity contribution in [1.82, 2.24) is 10.3 Å². The number of Topliss-reactive ketones (excluding diaryl/α,β-unsaturated/α-hetero) is 1. The quantitative estimate of drug-likeness (QED) is 0.283. The number of hydrogen-bond acceptors (Lipinski definition) is 5. The molecule has 0 aliphatic rings. The van der Waals surface area contributed by atoms with Gasteiger partial charge in [-0.15, -0.1) is 0 Å². The number of benzene rings is 3. The molecule has 0 spiro atoms. The summed E-state index contributed by atoms with van der Waals surface area (Å²) in [4.78, 5) is 52.1. The van der Waals surface area contributed by atoms with Crippen LogP contribution in [0.1, 0.15) is 26.3 Å². The molecular formula is C27H22N2O5S. The summed E-state index contributed by atoms with van der Waals surface area (Å²) in [6.45, 7) is 0. The van der Waals surface area contributed by atoms with Gasteiger partial charge in [0.1, 0.15) is 5.56 Å². The molecule has 7 nitrogen and oxygen atoms in total. The number of carboxylic acids is 1. The van der Waals surface area contributed by atoms with E-state index < -0.39 is 23.3 Å². The Kier molecular flexibility index (Phi) is 7.12. The summed E-state index contributed by atoms with van der Waals surface area (Å²) in [5.41, 5.74) is 2.42. The van der Waals surface area contributed by atoms with Crippen LogP contribution in [0.15, 0.2) is 83.8 Å². The number of ketones is 1. The Morgan fingerprint density at radius 1 is 0.943 bits per heavy atom. The smallest absolute Gasteiger partial charge is 0.341 e. The van der Waals surface area contributed by atoms with Gasteiger partial charge in [-0.3, -0.25) is 14.4 Å². The number of fused-ring (bicyclic) bond motifs is 1. The molecule has 1 heterocycles. The number of rotatable bonds is 8. The summed E-state index contributed by atoms with van der Waals surface area (Å²) >= 11 is 4.23. The highest BCUT2D eigenvalue weighted by Crippen LogP contribution is 2.19. The van der Waals surface area contributed by atoms with Gasteiger partial charge >= 0.3 is 5.97 Å². The van der Waals surface area contributed by atoms with E-state index in [1.165, 1.54) is 6.07 Å². The number of aromatic carboxylic acids is 1. The van der Waals surface area contributed by atoms with E-state index in [0.717, 1.165) is 17.3 Å². The Morgan fingerprint density at radius 2 is 1.63 bits per heavy atom. The second kappa shape index (κ2) is 10.4. The zero-order valence-corrected chi connectivity index (χ0v) is 19.4. The van der Waals surface area contributed by atoms with Crippen molar-refractivity contribution in [3.05, 3.63) is 106 Å². The van der Waals surface area contributed by atoms with Crippen molar-refractivity contribution in [3.8, 4) is 11.1 Å². The first-order valence-corrected chi connectivity index (χ1v) is 11.5. The van der Waals surface area contributed by atoms with Crippen molar-refractivity contribution in [3.63, 3.8) is 0 Å². The van der Waals surface area contributed by atoms with Crippen LogP contribution in [0.2, 0.25) is 0 Å². The fraction of sp³-hybridized carbons (Fsp3) is 0.111. The molecular weight excluding hydrogens is 464 g/mol. The number of thiol groups is 1. The highest BCUT2D eigenvalue weighted by atomic mass is 32.1. The lowest BCUT2D eigenvalue weighted by molar-refractivity contribution is -0.119. The molecule has 3 aromatic carbocycles. The van der Waals surface area contributed by atoms with Crippen LogP contribution in [-0.2, 0) is 11.2 Å². The molecule has 0 radical (unpaired) electrons. The highest BCUT2D eigenvalue weighted by molar-refractivity contribution is 7.80. The Hall–Kier alpha value is -4.17. The van der Waals surface area contributed by atoms with E-state index in [1.807, 2.05) is 42.5 Å². The van der Waals surface area contributed by atoms with E-state index in [2.05, 4.69) is 22.9 Å². The minimum Gasteiger partial charge on any atom is -0.477 e. The van der Waals surface area contributed by atoms with Crippen LogP contribution >= 0.6 is 12.6 Å². The maximum Gasteiger partial charge on any atom is 0.341 e. The molecule has 4 aromatic rings. The number of carbonyl (C=O) groups excluding carboxylic acids is 2. The summed E-state index contributed by atoms with van der Waals surface area (Å²) in [6, 6.07) is 20.8. The van der Waals surface area contributed by atoms with Gasteiger partial charge in [-0.1, -0.05) is 48.5 Å². The predicted octanol–water partition coefficient (Wildman–Crippen LogP) is 3.73. The first kappa shape index (κ1) is 24.0. The number of pyridine rings is 1. The standard InChI is InChI=1S/C27H22N2O5S/c30-24(13-16-6-11-22-20(12-16)25(31)21(14-28-22)27(33)34)23(15-35)29-26(32)19-9-7-18(8-10-19)17-4-2-1-3-5-17/h1-12,14,23,35H,13,15H2,(H,28,31)(H,29,32)(H,33,34)/t23-/m0/s1. The number of carboxylic acid groups (broad SMARTS) is 1. The number of amides is 1. The Morgan fingerprint density at radius 3 is 2.29 bits per heavy atom. The lowest BCUT2D eigenvalue weighted by Crippen LogP contribution is -2.43. The normalized spacial score (nSPS) is 11.7. The number of aromatic amines is 1. The van der Waals surface area contributed by atoms with Gasteiger partial charge in [-0.2, -0.15) is 12.6 Å². The third-order valence-electron chi connectivity index (χ3n) is 5.68. The topological polar surface area (TPSA) is 116 Å². The molecule has 8 heteroatoms. The van der Waals surface area contributed by atoms with Gasteiger partial charge in [0.15, 0.2) is 5.78 Å². The van der Waals surface area contributed by atoms with Gasteiger partial charge in [0.2, 0.25) is 5.43 Å². The predicted molar refractivity (Wildman–Crippen MR) is 137 cm³/mol. The molecule has 0 bridgehead atoms. The minimum atomic E-state index is -1.33. The van der Waals surface area contributed by atoms with Gasteiger partial charge in [0.25, 0.3) is 5.91 Å². The van der Waals surface area contributed by atoms with Crippen LogP contribution in [0, 0.1) is 0 Å². The zero-order chi connectivity index (χ0) is 24.9. The molecule has 0 saturated heterocycles. The SMILES string of the molecule is O=C(N[C@@H](CS)C(=O)Cc1ccc2[nH]cc(C(=O)O)c(=O)c2c1)c1ccc(-c2ccccc2)cc1. The van der Waals surface area contributed by atoms with Crippen molar-refractivity contribution in [2.45, 2.75) is 12.5 Å². The first-order valence-electron chi connectivity index (χ1n) is 10.8. The van der Waals surface area contributed by atoms with E-state index in [9.17, 15) is 24.3 Å². The average Bonchev–Trinajstić information content (AvgIpc) is 2.88. The highest BCUT2D eigenvalue weighted by Gasteiger charge is 2.21. The molecule has 0 unspecified atom stereocenters. The third-order valence-corrected chi connectivity index (χ3v) is 6.05. The number of nitrogens with one attached hydrogen (secondary N) is 2. The summed E-state index contributed by atoms with van der Waals surface area (Å²) < 4.78 is 0. The van der Waals surface area contributed by atoms with Crippen molar-refractivity contribution in [2.24, 2.45) is 0 Å². The number of H-pyrrole nitrogens is 1. The van der Waals surface area contributed by atoms with Gasteiger partial charge in [-0.25, -0.2) is 4.79 Å². The maximum absolute atomic E-state index is 12.9. The van der Waals surface area contributed by atoms with E-state index in [4.69, 9.17) is 0 Å². The molecule has 176 valence electrons. The van der Waals surface area contributed by atoms with Crippen molar-refractivity contribution in [1.29, 1.82) is 0 Å². The molecule has 1 atom stereocenters. The monoisotopic (exact) mass is 486 g/mol. The third kappa shape index (κ3) is 5.33. The Balaban J connectivity index is 1.47. The summed E-state index contributed by atoms with van der Waals surface area (Å²) in [6.07, 6.45) is 1.10. The number of hydrogen-bond donors (Lipinski definition) is 4. The minimum absolute atomic E-state index is 0.0505. The van der Waals surface area contributed by atoms with Gasteiger partial charge in [0, 0.05) is 34.8 Å². The van der Waals surface area contributed by atoms with Crippen molar-refractivity contribution in [2.75, 3.05) is 5.75 Å². The van der Waals surface area contributed by atoms with Crippen molar-refractivity contribution < 1.29 is 19.5 Å². The molecule has 1 aromatic heterocycles. The van der Waals surface area contributed by atoms with Crippen LogP contribution in [-0.4, -0.2) is 39.5 Å². The Bertz CT molecular complexity index is 1460. The maximum atomic E-state index is 12.9. The molecule has 3 N–H and O–H groups in total.